The van der Waals surface area contributed by atoms with Gasteiger partial charge in [0.1, 0.15) is 17.2 Å². The Kier molecular flexibility index (Phi) is 16.0. The first-order valence-corrected chi connectivity index (χ1v) is 19.7. The molecule has 54 heavy (non-hydrogen) atoms. The molecule has 6 heterocycles. The minimum Gasteiger partial charge on any atom is -0.492 e. The molecule has 4 aromatic heterocycles. The van der Waals surface area contributed by atoms with E-state index >= 15 is 0 Å². The average molecular weight is 752 g/mol. The summed E-state index contributed by atoms with van der Waals surface area (Å²) in [5.74, 6) is 1.34. The summed E-state index contributed by atoms with van der Waals surface area (Å²) in [5.41, 5.74) is 15.1. The smallest absolute Gasteiger partial charge is 0.141 e. The third kappa shape index (κ3) is 11.1. The van der Waals surface area contributed by atoms with Gasteiger partial charge in [-0.3, -0.25) is 15.5 Å². The summed E-state index contributed by atoms with van der Waals surface area (Å²) in [5, 5.41) is 20.7. The number of benzene rings is 1. The van der Waals surface area contributed by atoms with E-state index in [9.17, 15) is 0 Å². The molecule has 5 aromatic rings. The summed E-state index contributed by atoms with van der Waals surface area (Å²) < 4.78 is 6.30. The number of aromatic amines is 1. The molecule has 0 aliphatic carbocycles. The van der Waals surface area contributed by atoms with E-state index in [-0.39, 0.29) is 5.41 Å². The van der Waals surface area contributed by atoms with Crippen molar-refractivity contribution < 1.29 is 4.74 Å². The molecule has 0 bridgehead atoms. The van der Waals surface area contributed by atoms with Crippen molar-refractivity contribution in [2.45, 2.75) is 80.1 Å². The van der Waals surface area contributed by atoms with Crippen LogP contribution in [-0.2, 0) is 6.42 Å². The second-order valence-electron chi connectivity index (χ2n) is 14.8. The molecule has 2 aliphatic heterocycles. The standard InChI is InChI=1S/C21H28N4.C20H24N4O.C2H6.H3NS/c1-15-3-5-17(6-4-15)19(22)18-16(8-12-25-20(18)23)7-9-21(2)10-13-24-14-11-21;1-14-4-3-5-16(24-14)15-12-23-19-18(15)17(6-9-22-19)25-13-20(2)7-10-21-11-8-20;2*1-2/h3-6,8,12,22,24H,7,9-11,13-14H2,1-2H3,(H2,23,25);3-6,9,12,21H,7-8,10-11,13H2,1-2H3,(H,22,23);1-2H3;2H,1H2. The highest BCUT2D eigenvalue weighted by molar-refractivity contribution is 7.77. The Morgan fingerprint density at radius 2 is 1.48 bits per heavy atom. The molecule has 2 fully saturated rings. The fourth-order valence-corrected chi connectivity index (χ4v) is 7.07. The molecule has 0 amide bonds. The summed E-state index contributed by atoms with van der Waals surface area (Å²) in [4.78, 5) is 16.6. The van der Waals surface area contributed by atoms with Gasteiger partial charge in [-0.05, 0) is 114 Å². The summed E-state index contributed by atoms with van der Waals surface area (Å²) in [6.45, 7) is 17.8. The number of aryl methyl sites for hydroxylation is 3. The van der Waals surface area contributed by atoms with Gasteiger partial charge in [-0.15, -0.1) is 12.8 Å². The number of pyridine rings is 3. The number of nitrogen functional groups attached to an aromatic ring is 1. The zero-order valence-corrected chi connectivity index (χ0v) is 34.0. The molecule has 0 radical (unpaired) electrons. The highest BCUT2D eigenvalue weighted by Crippen LogP contribution is 2.36. The van der Waals surface area contributed by atoms with E-state index in [2.05, 4.69) is 69.3 Å². The van der Waals surface area contributed by atoms with Crippen LogP contribution in [0, 0.1) is 30.1 Å². The van der Waals surface area contributed by atoms with E-state index in [0.29, 0.717) is 16.9 Å². The predicted octanol–water partition coefficient (Wildman–Crippen LogP) is 8.23. The first-order valence-electron chi connectivity index (χ1n) is 19.2. The van der Waals surface area contributed by atoms with Crippen LogP contribution in [0.4, 0.5) is 5.82 Å². The van der Waals surface area contributed by atoms with Crippen LogP contribution >= 0.6 is 12.8 Å². The molecule has 290 valence electrons. The van der Waals surface area contributed by atoms with E-state index in [1.54, 1.807) is 12.4 Å². The molecule has 7 rings (SSSR count). The number of thiol groups is 1. The molecular weight excluding hydrogens is 691 g/mol. The monoisotopic (exact) mass is 751 g/mol. The summed E-state index contributed by atoms with van der Waals surface area (Å²) in [6.07, 6.45) is 12.3. The van der Waals surface area contributed by atoms with Crippen molar-refractivity contribution in [2.75, 3.05) is 38.5 Å². The Balaban J connectivity index is 0.000000221. The van der Waals surface area contributed by atoms with E-state index < -0.39 is 0 Å². The van der Waals surface area contributed by atoms with Gasteiger partial charge in [0.05, 0.1) is 23.4 Å². The Morgan fingerprint density at radius 3 is 2.13 bits per heavy atom. The predicted molar refractivity (Wildman–Crippen MR) is 229 cm³/mol. The lowest BCUT2D eigenvalue weighted by atomic mass is 9.76. The number of rotatable bonds is 9. The highest BCUT2D eigenvalue weighted by Gasteiger charge is 2.29. The van der Waals surface area contributed by atoms with E-state index in [1.165, 1.54) is 18.4 Å². The highest BCUT2D eigenvalue weighted by atomic mass is 32.1. The Hall–Kier alpha value is -4.29. The molecular formula is C43H61N9OS. The topological polar surface area (TPSA) is 164 Å². The molecule has 10 nitrogen and oxygen atoms in total. The van der Waals surface area contributed by atoms with Gasteiger partial charge in [-0.25, -0.2) is 9.97 Å². The van der Waals surface area contributed by atoms with Gasteiger partial charge in [-0.1, -0.05) is 63.6 Å². The number of aromatic nitrogens is 4. The quantitative estimate of drug-likeness (QED) is 0.0585. The first-order chi connectivity index (χ1) is 26.1. The molecule has 1 aromatic carbocycles. The molecule has 0 unspecified atom stereocenters. The fraction of sp³-hybridized carbons (Fsp3) is 0.442. The van der Waals surface area contributed by atoms with Crippen LogP contribution < -0.4 is 26.2 Å². The molecule has 0 spiro atoms. The number of piperidine rings is 2. The number of fused-ring (bicyclic) bond motifs is 1. The average Bonchev–Trinajstić information content (AvgIpc) is 3.64. The van der Waals surface area contributed by atoms with Crippen molar-refractivity contribution in [3.8, 4) is 17.0 Å². The zero-order valence-electron chi connectivity index (χ0n) is 33.1. The van der Waals surface area contributed by atoms with Crippen LogP contribution in [-0.4, -0.2) is 58.4 Å². The van der Waals surface area contributed by atoms with Crippen LogP contribution in [0.1, 0.15) is 87.7 Å². The largest absolute Gasteiger partial charge is 0.492 e. The second kappa shape index (κ2) is 20.4. The SMILES string of the molecule is CC.Cc1ccc(C(=N)c2c(CCC3(C)CCNCC3)ccnc2N)cc1.Cc1cccc(-c2c[nH]c3nccc(OCC4(C)CCNCC4)c23)n1.NS. The Bertz CT molecular complexity index is 1910. The number of nitrogens with two attached hydrogens (primary N) is 2. The maximum absolute atomic E-state index is 8.66. The zero-order chi connectivity index (χ0) is 39.1. The number of hydrogen-bond acceptors (Lipinski definition) is 10. The third-order valence-electron chi connectivity index (χ3n) is 10.6. The Labute approximate surface area is 327 Å². The third-order valence-corrected chi connectivity index (χ3v) is 10.6. The van der Waals surface area contributed by atoms with Crippen molar-refractivity contribution in [1.82, 2.24) is 30.6 Å². The van der Waals surface area contributed by atoms with Crippen LogP contribution in [0.15, 0.2) is 73.2 Å². The lowest BCUT2D eigenvalue weighted by Crippen LogP contribution is -2.38. The lowest BCUT2D eigenvalue weighted by molar-refractivity contribution is 0.124. The van der Waals surface area contributed by atoms with Gasteiger partial charge in [0, 0.05) is 46.4 Å². The van der Waals surface area contributed by atoms with Gasteiger partial charge in [0.2, 0.25) is 0 Å². The van der Waals surface area contributed by atoms with Crippen molar-refractivity contribution >= 4 is 35.4 Å². The van der Waals surface area contributed by atoms with E-state index in [0.717, 1.165) is 109 Å². The first kappa shape index (κ1) is 42.5. The lowest BCUT2D eigenvalue weighted by Gasteiger charge is -2.34. The minimum atomic E-state index is 0.221. The molecule has 2 aliphatic rings. The number of nitrogens with one attached hydrogen (secondary N) is 4. The molecule has 8 N–H and O–H groups in total. The summed E-state index contributed by atoms with van der Waals surface area (Å²) in [7, 11) is 0. The van der Waals surface area contributed by atoms with Gasteiger partial charge < -0.3 is 26.1 Å². The number of nitrogens with zero attached hydrogens (tertiary/aromatic N) is 3. The van der Waals surface area contributed by atoms with Crippen LogP contribution in [0.25, 0.3) is 22.3 Å². The van der Waals surface area contributed by atoms with Crippen molar-refractivity contribution in [2.24, 2.45) is 16.0 Å². The number of hydrogen-bond donors (Lipinski definition) is 7. The number of anilines is 1. The minimum absolute atomic E-state index is 0.221. The maximum atomic E-state index is 8.66. The van der Waals surface area contributed by atoms with Gasteiger partial charge in [0.25, 0.3) is 0 Å². The van der Waals surface area contributed by atoms with Gasteiger partial charge in [-0.2, -0.15) is 0 Å². The number of ether oxygens (including phenoxy) is 1. The van der Waals surface area contributed by atoms with Crippen molar-refractivity contribution in [1.29, 1.82) is 5.41 Å². The number of H-pyrrole nitrogens is 1. The summed E-state index contributed by atoms with van der Waals surface area (Å²) >= 11 is 3.03. The van der Waals surface area contributed by atoms with E-state index in [4.69, 9.17) is 15.9 Å². The van der Waals surface area contributed by atoms with Crippen molar-refractivity contribution in [3.63, 3.8) is 0 Å². The van der Waals surface area contributed by atoms with Gasteiger partial charge >= 0.3 is 0 Å². The van der Waals surface area contributed by atoms with Crippen LogP contribution in [0.5, 0.6) is 5.75 Å². The fourth-order valence-electron chi connectivity index (χ4n) is 7.07. The maximum Gasteiger partial charge on any atom is 0.141 e. The second-order valence-corrected chi connectivity index (χ2v) is 14.8. The molecule has 2 saturated heterocycles. The summed E-state index contributed by atoms with van der Waals surface area (Å²) in [6, 6.07) is 18.1. The van der Waals surface area contributed by atoms with Crippen LogP contribution in [0.2, 0.25) is 0 Å². The van der Waals surface area contributed by atoms with E-state index in [1.807, 2.05) is 81.6 Å². The Morgan fingerprint density at radius 1 is 0.852 bits per heavy atom. The van der Waals surface area contributed by atoms with Gasteiger partial charge in [0.15, 0.2) is 0 Å². The molecule has 0 saturated carbocycles. The van der Waals surface area contributed by atoms with Crippen LogP contribution in [0.3, 0.4) is 0 Å². The molecule has 11 heteroatoms. The molecule has 0 atom stereocenters. The normalized spacial score (nSPS) is 15.7. The van der Waals surface area contributed by atoms with Crippen molar-refractivity contribution in [3.05, 3.63) is 101 Å².